The topological polar surface area (TPSA) is 19.0 Å². The van der Waals surface area contributed by atoms with Gasteiger partial charge in [0.2, 0.25) is 0 Å². The van der Waals surface area contributed by atoms with Crippen molar-refractivity contribution in [3.63, 3.8) is 0 Å². The van der Waals surface area contributed by atoms with Gasteiger partial charge < -0.3 is 14.5 Å². The SMILES string of the molecule is COCCN1CCN(CC2CCN(C(C)C)CC2)CC1. The van der Waals surface area contributed by atoms with Gasteiger partial charge in [0, 0.05) is 52.4 Å². The van der Waals surface area contributed by atoms with Gasteiger partial charge in [-0.3, -0.25) is 4.90 Å². The van der Waals surface area contributed by atoms with Crippen LogP contribution in [0.25, 0.3) is 0 Å². The van der Waals surface area contributed by atoms with Gasteiger partial charge in [0.15, 0.2) is 0 Å². The van der Waals surface area contributed by atoms with Crippen LogP contribution in [0.15, 0.2) is 0 Å². The zero-order chi connectivity index (χ0) is 14.4. The molecule has 2 aliphatic heterocycles. The summed E-state index contributed by atoms with van der Waals surface area (Å²) in [5.41, 5.74) is 0. The minimum absolute atomic E-state index is 0.722. The number of piperidine rings is 1. The normalized spacial score (nSPS) is 24.6. The van der Waals surface area contributed by atoms with Crippen molar-refractivity contribution >= 4 is 0 Å². The highest BCUT2D eigenvalue weighted by Gasteiger charge is 2.24. The molecule has 2 fully saturated rings. The Labute approximate surface area is 125 Å². The van der Waals surface area contributed by atoms with Crippen molar-refractivity contribution in [1.29, 1.82) is 0 Å². The molecule has 0 atom stereocenters. The molecule has 0 radical (unpaired) electrons. The molecule has 20 heavy (non-hydrogen) atoms. The van der Waals surface area contributed by atoms with Crippen LogP contribution in [-0.4, -0.2) is 86.8 Å². The number of methoxy groups -OCH3 is 1. The first-order valence-electron chi connectivity index (χ1n) is 8.36. The highest BCUT2D eigenvalue weighted by Crippen LogP contribution is 2.20. The molecule has 0 unspecified atom stereocenters. The van der Waals surface area contributed by atoms with E-state index in [2.05, 4.69) is 28.5 Å². The van der Waals surface area contributed by atoms with Crippen LogP contribution >= 0.6 is 0 Å². The largest absolute Gasteiger partial charge is 0.383 e. The Kier molecular flexibility index (Phi) is 6.75. The Morgan fingerprint density at radius 2 is 1.55 bits per heavy atom. The summed E-state index contributed by atoms with van der Waals surface area (Å²) in [4.78, 5) is 7.83. The first-order chi connectivity index (χ1) is 9.69. The van der Waals surface area contributed by atoms with Gasteiger partial charge in [0.25, 0.3) is 0 Å². The lowest BCUT2D eigenvalue weighted by molar-refractivity contribution is 0.0732. The van der Waals surface area contributed by atoms with Gasteiger partial charge in [-0.05, 0) is 45.7 Å². The highest BCUT2D eigenvalue weighted by atomic mass is 16.5. The van der Waals surface area contributed by atoms with Crippen LogP contribution in [0.2, 0.25) is 0 Å². The second-order valence-corrected chi connectivity index (χ2v) is 6.71. The van der Waals surface area contributed by atoms with E-state index >= 15 is 0 Å². The third kappa shape index (κ3) is 4.99. The van der Waals surface area contributed by atoms with Crippen LogP contribution in [0.1, 0.15) is 26.7 Å². The van der Waals surface area contributed by atoms with Gasteiger partial charge in [-0.1, -0.05) is 0 Å². The molecule has 0 aromatic carbocycles. The van der Waals surface area contributed by atoms with E-state index in [-0.39, 0.29) is 0 Å². The standard InChI is InChI=1S/C16H33N3O/c1-15(2)19-6-4-16(5-7-19)14-18-10-8-17(9-11-18)12-13-20-3/h15-16H,4-14H2,1-3H3. The van der Waals surface area contributed by atoms with E-state index in [1.165, 1.54) is 58.7 Å². The maximum Gasteiger partial charge on any atom is 0.0589 e. The van der Waals surface area contributed by atoms with E-state index in [1.807, 2.05) is 0 Å². The molecule has 2 aliphatic rings. The quantitative estimate of drug-likeness (QED) is 0.733. The smallest absolute Gasteiger partial charge is 0.0589 e. The average molecular weight is 283 g/mol. The van der Waals surface area contributed by atoms with Crippen molar-refractivity contribution in [2.75, 3.05) is 66.1 Å². The summed E-state index contributed by atoms with van der Waals surface area (Å²) >= 11 is 0. The minimum Gasteiger partial charge on any atom is -0.383 e. The molecule has 0 aromatic heterocycles. The Morgan fingerprint density at radius 1 is 0.950 bits per heavy atom. The third-order valence-electron chi connectivity index (χ3n) is 4.97. The minimum atomic E-state index is 0.722. The third-order valence-corrected chi connectivity index (χ3v) is 4.97. The predicted octanol–water partition coefficient (Wildman–Crippen LogP) is 1.37. The van der Waals surface area contributed by atoms with E-state index in [0.717, 1.165) is 25.1 Å². The maximum atomic E-state index is 5.16. The lowest BCUT2D eigenvalue weighted by Gasteiger charge is -2.39. The molecule has 2 heterocycles. The Morgan fingerprint density at radius 3 is 2.10 bits per heavy atom. The van der Waals surface area contributed by atoms with Gasteiger partial charge in [0.05, 0.1) is 6.61 Å². The molecule has 2 saturated heterocycles. The van der Waals surface area contributed by atoms with Gasteiger partial charge >= 0.3 is 0 Å². The summed E-state index contributed by atoms with van der Waals surface area (Å²) in [6.07, 6.45) is 2.78. The first-order valence-corrected chi connectivity index (χ1v) is 8.36. The van der Waals surface area contributed by atoms with Crippen LogP contribution in [0.4, 0.5) is 0 Å². The molecule has 4 nitrogen and oxygen atoms in total. The molecule has 0 saturated carbocycles. The fourth-order valence-electron chi connectivity index (χ4n) is 3.43. The van der Waals surface area contributed by atoms with Gasteiger partial charge in [0.1, 0.15) is 0 Å². The summed E-state index contributed by atoms with van der Waals surface area (Å²) in [5, 5.41) is 0. The molecule has 118 valence electrons. The summed E-state index contributed by atoms with van der Waals surface area (Å²) in [7, 11) is 1.79. The molecule has 4 heteroatoms. The van der Waals surface area contributed by atoms with Gasteiger partial charge in [-0.15, -0.1) is 0 Å². The summed E-state index contributed by atoms with van der Waals surface area (Å²) in [6.45, 7) is 15.4. The van der Waals surface area contributed by atoms with Crippen molar-refractivity contribution in [2.45, 2.75) is 32.7 Å². The van der Waals surface area contributed by atoms with Crippen LogP contribution in [0, 0.1) is 5.92 Å². The lowest BCUT2D eigenvalue weighted by atomic mass is 9.95. The number of piperazine rings is 1. The van der Waals surface area contributed by atoms with Crippen molar-refractivity contribution in [2.24, 2.45) is 5.92 Å². The summed E-state index contributed by atoms with van der Waals surface area (Å²) in [6, 6.07) is 0.722. The molecular weight excluding hydrogens is 250 g/mol. The number of likely N-dealkylation sites (tertiary alicyclic amines) is 1. The molecule has 0 aromatic rings. The Balaban J connectivity index is 1.61. The van der Waals surface area contributed by atoms with E-state index in [0.29, 0.717) is 0 Å². The maximum absolute atomic E-state index is 5.16. The summed E-state index contributed by atoms with van der Waals surface area (Å²) in [5.74, 6) is 0.926. The second-order valence-electron chi connectivity index (χ2n) is 6.71. The fraction of sp³-hybridized carbons (Fsp3) is 1.00. The molecule has 0 bridgehead atoms. The Bertz CT molecular complexity index is 256. The monoisotopic (exact) mass is 283 g/mol. The van der Waals surface area contributed by atoms with E-state index in [1.54, 1.807) is 7.11 Å². The molecule has 0 spiro atoms. The zero-order valence-electron chi connectivity index (χ0n) is 13.7. The molecule has 0 amide bonds. The molecule has 0 N–H and O–H groups in total. The van der Waals surface area contributed by atoms with Crippen molar-refractivity contribution in [3.8, 4) is 0 Å². The first kappa shape index (κ1) is 16.2. The van der Waals surface area contributed by atoms with E-state index < -0.39 is 0 Å². The molecular formula is C16H33N3O. The van der Waals surface area contributed by atoms with Crippen molar-refractivity contribution in [3.05, 3.63) is 0 Å². The number of ether oxygens (including phenoxy) is 1. The number of hydrogen-bond acceptors (Lipinski definition) is 4. The molecule has 0 aliphatic carbocycles. The van der Waals surface area contributed by atoms with Crippen molar-refractivity contribution in [1.82, 2.24) is 14.7 Å². The number of nitrogens with zero attached hydrogens (tertiary/aromatic N) is 3. The number of rotatable bonds is 6. The predicted molar refractivity (Wildman–Crippen MR) is 84.2 cm³/mol. The summed E-state index contributed by atoms with van der Waals surface area (Å²) < 4.78 is 5.16. The number of hydrogen-bond donors (Lipinski definition) is 0. The van der Waals surface area contributed by atoms with Gasteiger partial charge in [-0.25, -0.2) is 0 Å². The van der Waals surface area contributed by atoms with Crippen LogP contribution in [-0.2, 0) is 4.74 Å². The van der Waals surface area contributed by atoms with E-state index in [9.17, 15) is 0 Å². The Hall–Kier alpha value is -0.160. The fourth-order valence-corrected chi connectivity index (χ4v) is 3.43. The van der Waals surface area contributed by atoms with Crippen LogP contribution in [0.3, 0.4) is 0 Å². The second kappa shape index (κ2) is 8.32. The van der Waals surface area contributed by atoms with E-state index in [4.69, 9.17) is 4.74 Å². The van der Waals surface area contributed by atoms with Crippen LogP contribution in [0.5, 0.6) is 0 Å². The average Bonchev–Trinajstić information content (AvgIpc) is 2.47. The van der Waals surface area contributed by atoms with Gasteiger partial charge in [-0.2, -0.15) is 0 Å². The lowest BCUT2D eigenvalue weighted by Crippen LogP contribution is -2.49. The molecule has 2 rings (SSSR count). The van der Waals surface area contributed by atoms with Crippen LogP contribution < -0.4 is 0 Å². The zero-order valence-corrected chi connectivity index (χ0v) is 13.7. The van der Waals surface area contributed by atoms with Crippen molar-refractivity contribution < 1.29 is 4.74 Å². The highest BCUT2D eigenvalue weighted by molar-refractivity contribution is 4.79.